The summed E-state index contributed by atoms with van der Waals surface area (Å²) in [5.74, 6) is -0.404. The molecule has 2 aromatic rings. The van der Waals surface area contributed by atoms with Crippen LogP contribution in [-0.2, 0) is 0 Å². The summed E-state index contributed by atoms with van der Waals surface area (Å²) in [6, 6.07) is 2.95. The summed E-state index contributed by atoms with van der Waals surface area (Å²) in [6.45, 7) is 7.68. The Morgan fingerprint density at radius 3 is 2.76 bits per heavy atom. The zero-order chi connectivity index (χ0) is 20.7. The molecule has 1 unspecified atom stereocenters. The maximum Gasteiger partial charge on any atom is 0.132 e. The fourth-order valence-electron chi connectivity index (χ4n) is 3.90. The minimum absolute atomic E-state index is 0.265. The van der Waals surface area contributed by atoms with Crippen LogP contribution >= 0.6 is 11.6 Å². The van der Waals surface area contributed by atoms with Crippen molar-refractivity contribution in [1.82, 2.24) is 9.78 Å². The number of hydrogen-bond donors (Lipinski definition) is 0. The van der Waals surface area contributed by atoms with Crippen molar-refractivity contribution in [2.24, 2.45) is 0 Å². The van der Waals surface area contributed by atoms with Gasteiger partial charge in [0.15, 0.2) is 0 Å². The van der Waals surface area contributed by atoms with Crippen LogP contribution in [0.25, 0.3) is 29.0 Å². The van der Waals surface area contributed by atoms with Gasteiger partial charge >= 0.3 is 0 Å². The minimum Gasteiger partial charge on any atom is -0.243 e. The Morgan fingerprint density at radius 2 is 2.10 bits per heavy atom. The van der Waals surface area contributed by atoms with Gasteiger partial charge in [0.05, 0.1) is 21.8 Å². The fraction of sp³-hybridized carbons (Fsp3) is 0.292. The quantitative estimate of drug-likeness (QED) is 0.647. The molecule has 1 aromatic heterocycles. The van der Waals surface area contributed by atoms with Gasteiger partial charge in [-0.15, -0.1) is 0 Å². The van der Waals surface area contributed by atoms with Crippen LogP contribution in [0.1, 0.15) is 50.8 Å². The number of fused-ring (bicyclic) bond motifs is 1. The summed E-state index contributed by atoms with van der Waals surface area (Å²) < 4.78 is 30.5. The van der Waals surface area contributed by atoms with E-state index < -0.39 is 12.0 Å². The van der Waals surface area contributed by atoms with Crippen LogP contribution in [-0.4, -0.2) is 16.0 Å². The molecule has 0 N–H and O–H groups in total. The Bertz CT molecular complexity index is 1180. The predicted molar refractivity (Wildman–Crippen MR) is 117 cm³/mol. The second kappa shape index (κ2) is 7.75. The summed E-state index contributed by atoms with van der Waals surface area (Å²) in [5, 5.41) is 6.65. The van der Waals surface area contributed by atoms with Crippen molar-refractivity contribution in [3.8, 4) is 5.69 Å². The highest BCUT2D eigenvalue weighted by molar-refractivity contribution is 6.32. The Hall–Kier alpha value is -2.46. The average molecular weight is 413 g/mol. The molecule has 1 atom stereocenters. The molecule has 0 saturated heterocycles. The zero-order valence-corrected chi connectivity index (χ0v) is 17.4. The number of halogens is 3. The van der Waals surface area contributed by atoms with E-state index in [-0.39, 0.29) is 6.42 Å². The highest BCUT2D eigenvalue weighted by atomic mass is 35.5. The van der Waals surface area contributed by atoms with E-state index in [1.54, 1.807) is 23.7 Å². The van der Waals surface area contributed by atoms with Crippen LogP contribution in [0, 0.1) is 5.82 Å². The number of allylic oxidation sites excluding steroid dienone is 5. The van der Waals surface area contributed by atoms with E-state index >= 15 is 0 Å². The maximum absolute atomic E-state index is 14.6. The van der Waals surface area contributed by atoms with Crippen LogP contribution in [0.2, 0.25) is 5.02 Å². The van der Waals surface area contributed by atoms with E-state index in [0.29, 0.717) is 21.8 Å². The highest BCUT2D eigenvalue weighted by Gasteiger charge is 2.20. The molecule has 0 amide bonds. The number of hydrogen-bond acceptors (Lipinski definition) is 1. The van der Waals surface area contributed by atoms with Gasteiger partial charge < -0.3 is 0 Å². The summed E-state index contributed by atoms with van der Waals surface area (Å²) in [4.78, 5) is 0. The Morgan fingerprint density at radius 1 is 1.31 bits per heavy atom. The topological polar surface area (TPSA) is 17.8 Å². The van der Waals surface area contributed by atoms with Gasteiger partial charge in [-0.3, -0.25) is 0 Å². The van der Waals surface area contributed by atoms with Crippen molar-refractivity contribution in [3.63, 3.8) is 0 Å². The molecule has 0 aliphatic heterocycles. The maximum atomic E-state index is 14.6. The Balaban J connectivity index is 1.93. The molecular weight excluding hydrogens is 390 g/mol. The fourth-order valence-corrected chi connectivity index (χ4v) is 4.14. The number of aromatic nitrogens is 2. The monoisotopic (exact) mass is 412 g/mol. The molecule has 150 valence electrons. The SMILES string of the molecule is C=C(C)c1cc(Cl)c(-n2nc(C3=CC=C(CC)CC3)c3c2=CCC(F)C=3)cc1F. The van der Waals surface area contributed by atoms with Gasteiger partial charge in [0.1, 0.15) is 12.0 Å². The van der Waals surface area contributed by atoms with Crippen molar-refractivity contribution in [3.05, 3.63) is 69.1 Å². The predicted octanol–water partition coefficient (Wildman–Crippen LogP) is 5.51. The van der Waals surface area contributed by atoms with Crippen LogP contribution in [0.4, 0.5) is 8.78 Å². The third-order valence-corrected chi connectivity index (χ3v) is 5.86. The molecular formula is C24H23ClF2N2. The second-order valence-electron chi connectivity index (χ2n) is 7.62. The molecule has 0 spiro atoms. The molecule has 5 heteroatoms. The van der Waals surface area contributed by atoms with Crippen LogP contribution < -0.4 is 10.6 Å². The number of alkyl halides is 1. The van der Waals surface area contributed by atoms with Gasteiger partial charge in [0, 0.05) is 23.3 Å². The Labute approximate surface area is 174 Å². The Kier molecular flexibility index (Phi) is 5.30. The lowest BCUT2D eigenvalue weighted by Gasteiger charge is -2.12. The lowest BCUT2D eigenvalue weighted by Crippen LogP contribution is -2.34. The zero-order valence-electron chi connectivity index (χ0n) is 16.6. The summed E-state index contributed by atoms with van der Waals surface area (Å²) in [5.41, 5.74) is 4.62. The van der Waals surface area contributed by atoms with Crippen LogP contribution in [0.5, 0.6) is 0 Å². The summed E-state index contributed by atoms with van der Waals surface area (Å²) in [7, 11) is 0. The van der Waals surface area contributed by atoms with E-state index in [2.05, 4.69) is 25.7 Å². The van der Waals surface area contributed by atoms with E-state index in [0.717, 1.165) is 41.1 Å². The molecule has 0 fully saturated rings. The standard InChI is InChI=1S/C24H23ClF2N2/c1-4-15-5-7-16(8-6-15)24-19-11-17(26)9-10-22(19)29(28-24)23-13-21(27)18(14(2)3)12-20(23)25/h5,7,10-13,17H,2,4,6,8-9H2,1,3H3. The normalized spacial score (nSPS) is 18.3. The van der Waals surface area contributed by atoms with Crippen molar-refractivity contribution < 1.29 is 8.78 Å². The van der Waals surface area contributed by atoms with Crippen LogP contribution in [0.3, 0.4) is 0 Å². The van der Waals surface area contributed by atoms with Gasteiger partial charge in [-0.1, -0.05) is 48.9 Å². The number of benzene rings is 1. The van der Waals surface area contributed by atoms with E-state index in [1.807, 2.05) is 6.08 Å². The van der Waals surface area contributed by atoms with Gasteiger partial charge in [-0.2, -0.15) is 5.10 Å². The average Bonchev–Trinajstić information content (AvgIpc) is 3.07. The molecule has 1 heterocycles. The largest absolute Gasteiger partial charge is 0.243 e. The van der Waals surface area contributed by atoms with Crippen molar-refractivity contribution in [2.75, 3.05) is 0 Å². The molecule has 0 radical (unpaired) electrons. The molecule has 4 rings (SSSR count). The van der Waals surface area contributed by atoms with Crippen molar-refractivity contribution >= 4 is 34.9 Å². The number of rotatable bonds is 4. The smallest absolute Gasteiger partial charge is 0.132 e. The van der Waals surface area contributed by atoms with Crippen molar-refractivity contribution in [2.45, 2.75) is 45.7 Å². The molecule has 2 nitrogen and oxygen atoms in total. The minimum atomic E-state index is -1.05. The van der Waals surface area contributed by atoms with Gasteiger partial charge in [0.2, 0.25) is 0 Å². The molecule has 2 aliphatic rings. The first-order valence-electron chi connectivity index (χ1n) is 9.88. The first-order chi connectivity index (χ1) is 13.9. The summed E-state index contributed by atoms with van der Waals surface area (Å²) in [6.07, 6.45) is 9.67. The molecule has 2 aliphatic carbocycles. The lowest BCUT2D eigenvalue weighted by molar-refractivity contribution is 0.427. The molecule has 0 saturated carbocycles. The number of nitrogens with zero attached hydrogens (tertiary/aromatic N) is 2. The van der Waals surface area contributed by atoms with Gasteiger partial charge in [0.25, 0.3) is 0 Å². The lowest BCUT2D eigenvalue weighted by atomic mass is 9.94. The van der Waals surface area contributed by atoms with Gasteiger partial charge in [-0.25, -0.2) is 13.5 Å². The molecule has 0 bridgehead atoms. The first-order valence-corrected chi connectivity index (χ1v) is 10.3. The third-order valence-electron chi connectivity index (χ3n) is 5.56. The van der Waals surface area contributed by atoms with E-state index in [9.17, 15) is 8.78 Å². The van der Waals surface area contributed by atoms with E-state index in [1.165, 1.54) is 11.6 Å². The molecule has 1 aromatic carbocycles. The summed E-state index contributed by atoms with van der Waals surface area (Å²) >= 11 is 6.49. The van der Waals surface area contributed by atoms with Crippen molar-refractivity contribution in [1.29, 1.82) is 0 Å². The van der Waals surface area contributed by atoms with Gasteiger partial charge in [-0.05, 0) is 49.5 Å². The highest BCUT2D eigenvalue weighted by Crippen LogP contribution is 2.29. The van der Waals surface area contributed by atoms with Crippen LogP contribution in [0.15, 0.2) is 36.4 Å². The molecule has 29 heavy (non-hydrogen) atoms. The first kappa shape index (κ1) is 19.8. The second-order valence-corrected chi connectivity index (χ2v) is 8.02. The third kappa shape index (κ3) is 3.62. The van der Waals surface area contributed by atoms with E-state index in [4.69, 9.17) is 16.7 Å².